The van der Waals surface area contributed by atoms with Gasteiger partial charge in [0.1, 0.15) is 5.52 Å². The Bertz CT molecular complexity index is 955. The number of fused-ring (bicyclic) bond motifs is 3. The van der Waals surface area contributed by atoms with Crippen molar-refractivity contribution in [1.29, 1.82) is 0 Å². The molecule has 0 aliphatic carbocycles. The maximum absolute atomic E-state index is 11.9. The number of aromatic carboxylic acids is 1. The van der Waals surface area contributed by atoms with E-state index in [1.165, 1.54) is 6.20 Å². The average molecular weight is 349 g/mol. The summed E-state index contributed by atoms with van der Waals surface area (Å²) in [6.07, 6.45) is 1.28. The van der Waals surface area contributed by atoms with Crippen molar-refractivity contribution < 1.29 is 14.7 Å². The van der Waals surface area contributed by atoms with Gasteiger partial charge in [-0.15, -0.1) is 0 Å². The van der Waals surface area contributed by atoms with Crippen LogP contribution in [0.4, 0.5) is 0 Å². The molecule has 2 heterocycles. The van der Waals surface area contributed by atoms with Crippen LogP contribution in [0, 0.1) is 0 Å². The molecule has 7 heteroatoms. The van der Waals surface area contributed by atoms with Crippen molar-refractivity contribution in [1.82, 2.24) is 9.97 Å². The van der Waals surface area contributed by atoms with Crippen molar-refractivity contribution in [3.05, 3.63) is 45.9 Å². The number of pyridine rings is 1. The van der Waals surface area contributed by atoms with Crippen molar-refractivity contribution in [2.45, 2.75) is 0 Å². The Morgan fingerprint density at radius 3 is 2.71 bits per heavy atom. The highest BCUT2D eigenvalue weighted by molar-refractivity contribution is 9.09. The first-order valence-corrected chi connectivity index (χ1v) is 7.14. The van der Waals surface area contributed by atoms with Gasteiger partial charge in [0, 0.05) is 28.0 Å². The fourth-order valence-corrected chi connectivity index (χ4v) is 2.67. The Morgan fingerprint density at radius 1 is 1.29 bits per heavy atom. The quantitative estimate of drug-likeness (QED) is 0.499. The number of hydrogen-bond acceptors (Lipinski definition) is 3. The van der Waals surface area contributed by atoms with Gasteiger partial charge in [0.25, 0.3) is 5.56 Å². The first-order chi connectivity index (χ1) is 10.0. The molecule has 0 spiro atoms. The van der Waals surface area contributed by atoms with E-state index < -0.39 is 11.5 Å². The molecular weight excluding hydrogens is 340 g/mol. The maximum atomic E-state index is 11.9. The molecule has 0 aliphatic heterocycles. The Hall–Kier alpha value is -2.41. The van der Waals surface area contributed by atoms with E-state index in [1.807, 2.05) is 0 Å². The molecule has 0 aliphatic rings. The van der Waals surface area contributed by atoms with Crippen LogP contribution < -0.4 is 5.56 Å². The molecular formula is C14H9BrN2O4. The lowest BCUT2D eigenvalue weighted by atomic mass is 10.0. The van der Waals surface area contributed by atoms with Gasteiger partial charge in [0.05, 0.1) is 10.9 Å². The minimum absolute atomic E-state index is 0.00420. The van der Waals surface area contributed by atoms with Crippen LogP contribution in [-0.2, 0) is 0 Å². The Morgan fingerprint density at radius 2 is 2.05 bits per heavy atom. The van der Waals surface area contributed by atoms with E-state index in [-0.39, 0.29) is 22.2 Å². The third kappa shape index (κ3) is 2.06. The van der Waals surface area contributed by atoms with Gasteiger partial charge < -0.3 is 15.1 Å². The minimum atomic E-state index is -1.13. The summed E-state index contributed by atoms with van der Waals surface area (Å²) >= 11 is 3.10. The van der Waals surface area contributed by atoms with Gasteiger partial charge in [0.2, 0.25) is 0 Å². The van der Waals surface area contributed by atoms with E-state index in [0.29, 0.717) is 21.9 Å². The number of aromatic amines is 2. The lowest BCUT2D eigenvalue weighted by Crippen LogP contribution is -2.08. The molecule has 0 atom stereocenters. The van der Waals surface area contributed by atoms with Gasteiger partial charge >= 0.3 is 5.97 Å². The van der Waals surface area contributed by atoms with E-state index in [0.717, 1.165) is 0 Å². The second-order valence-electron chi connectivity index (χ2n) is 4.53. The molecule has 0 bridgehead atoms. The number of ketones is 1. The SMILES string of the molecule is O=C(CBr)c1ccc2[nH]c(=O)c3[nH]cc(C(=O)O)c3c2c1. The zero-order valence-electron chi connectivity index (χ0n) is 10.6. The van der Waals surface area contributed by atoms with Gasteiger partial charge in [-0.3, -0.25) is 9.59 Å². The molecule has 3 N–H and O–H groups in total. The summed E-state index contributed by atoms with van der Waals surface area (Å²) in [5.74, 6) is -1.26. The monoisotopic (exact) mass is 348 g/mol. The topological polar surface area (TPSA) is 103 Å². The fourth-order valence-electron chi connectivity index (χ4n) is 2.35. The van der Waals surface area contributed by atoms with Crippen LogP contribution in [0.5, 0.6) is 0 Å². The number of halogens is 1. The first-order valence-electron chi connectivity index (χ1n) is 6.02. The molecule has 0 amide bonds. The standard InChI is InChI=1S/C14H9BrN2O4/c15-4-10(18)6-1-2-9-7(3-6)11-8(14(20)21)5-16-12(11)13(19)17-9/h1-3,5,16H,4H2,(H,17,19)(H,20,21). The number of hydrogen-bond donors (Lipinski definition) is 3. The van der Waals surface area contributed by atoms with Crippen LogP contribution in [-0.4, -0.2) is 32.2 Å². The molecule has 21 heavy (non-hydrogen) atoms. The van der Waals surface area contributed by atoms with E-state index in [2.05, 4.69) is 25.9 Å². The highest BCUT2D eigenvalue weighted by Crippen LogP contribution is 2.25. The highest BCUT2D eigenvalue weighted by atomic mass is 79.9. The van der Waals surface area contributed by atoms with E-state index in [4.69, 9.17) is 0 Å². The summed E-state index contributed by atoms with van der Waals surface area (Å²) in [5, 5.41) is 10.2. The molecule has 6 nitrogen and oxygen atoms in total. The summed E-state index contributed by atoms with van der Waals surface area (Å²) in [6.45, 7) is 0. The zero-order chi connectivity index (χ0) is 15.1. The second kappa shape index (κ2) is 4.85. The van der Waals surface area contributed by atoms with Crippen molar-refractivity contribution in [3.8, 4) is 0 Å². The molecule has 0 radical (unpaired) electrons. The number of carboxylic acids is 1. The van der Waals surface area contributed by atoms with E-state index in [1.54, 1.807) is 18.2 Å². The number of carboxylic acid groups (broad SMARTS) is 1. The Balaban J connectivity index is 2.48. The van der Waals surface area contributed by atoms with Gasteiger partial charge in [-0.05, 0) is 18.2 Å². The van der Waals surface area contributed by atoms with Gasteiger partial charge in [-0.1, -0.05) is 15.9 Å². The van der Waals surface area contributed by atoms with Crippen LogP contribution >= 0.6 is 15.9 Å². The number of nitrogens with one attached hydrogen (secondary N) is 2. The predicted molar refractivity (Wildman–Crippen MR) is 81.5 cm³/mol. The van der Waals surface area contributed by atoms with Crippen LogP contribution in [0.25, 0.3) is 21.8 Å². The summed E-state index contributed by atoms with van der Waals surface area (Å²) in [5.41, 5.74) is 0.725. The van der Waals surface area contributed by atoms with Gasteiger partial charge in [0.15, 0.2) is 5.78 Å². The molecule has 0 saturated heterocycles. The summed E-state index contributed by atoms with van der Waals surface area (Å²) in [6, 6.07) is 4.79. The van der Waals surface area contributed by atoms with E-state index >= 15 is 0 Å². The summed E-state index contributed by atoms with van der Waals surface area (Å²) in [4.78, 5) is 40.4. The van der Waals surface area contributed by atoms with E-state index in [9.17, 15) is 19.5 Å². The highest BCUT2D eigenvalue weighted by Gasteiger charge is 2.17. The predicted octanol–water partition coefficient (Wildman–Crippen LogP) is 2.29. The third-order valence-electron chi connectivity index (χ3n) is 3.32. The average Bonchev–Trinajstić information content (AvgIpc) is 2.92. The lowest BCUT2D eigenvalue weighted by molar-refractivity contribution is 0.0699. The van der Waals surface area contributed by atoms with Crippen LogP contribution in [0.15, 0.2) is 29.2 Å². The number of carbonyl (C=O) groups is 2. The number of aromatic nitrogens is 2. The zero-order valence-corrected chi connectivity index (χ0v) is 12.2. The number of alkyl halides is 1. The first kappa shape index (κ1) is 13.6. The molecule has 0 saturated carbocycles. The maximum Gasteiger partial charge on any atom is 0.337 e. The lowest BCUT2D eigenvalue weighted by Gasteiger charge is -2.04. The van der Waals surface area contributed by atoms with Crippen molar-refractivity contribution in [2.24, 2.45) is 0 Å². The second-order valence-corrected chi connectivity index (χ2v) is 5.09. The fraction of sp³-hybridized carbons (Fsp3) is 0.0714. The van der Waals surface area contributed by atoms with Crippen LogP contribution in [0.1, 0.15) is 20.7 Å². The summed E-state index contributed by atoms with van der Waals surface area (Å²) < 4.78 is 0. The number of rotatable bonds is 3. The molecule has 106 valence electrons. The van der Waals surface area contributed by atoms with Crippen molar-refractivity contribution >= 4 is 49.5 Å². The molecule has 1 aromatic carbocycles. The van der Waals surface area contributed by atoms with Gasteiger partial charge in [-0.2, -0.15) is 0 Å². The van der Waals surface area contributed by atoms with Crippen LogP contribution in [0.2, 0.25) is 0 Å². The van der Waals surface area contributed by atoms with Gasteiger partial charge in [-0.25, -0.2) is 4.79 Å². The normalized spacial score (nSPS) is 11.1. The third-order valence-corrected chi connectivity index (χ3v) is 3.83. The molecule has 0 unspecified atom stereocenters. The number of benzene rings is 1. The Kier molecular flexibility index (Phi) is 3.13. The van der Waals surface area contributed by atoms with Crippen molar-refractivity contribution in [3.63, 3.8) is 0 Å². The molecule has 2 aromatic heterocycles. The number of carbonyl (C=O) groups excluding carboxylic acids is 1. The number of H-pyrrole nitrogens is 2. The molecule has 0 fully saturated rings. The summed E-state index contributed by atoms with van der Waals surface area (Å²) in [7, 11) is 0. The number of Topliss-reactive ketones (excluding diaryl/α,β-unsaturated/α-hetero) is 1. The molecule has 3 aromatic rings. The smallest absolute Gasteiger partial charge is 0.337 e. The minimum Gasteiger partial charge on any atom is -0.478 e. The Labute approximate surface area is 125 Å². The van der Waals surface area contributed by atoms with Crippen LogP contribution in [0.3, 0.4) is 0 Å². The largest absolute Gasteiger partial charge is 0.478 e. The van der Waals surface area contributed by atoms with Crippen molar-refractivity contribution in [2.75, 3.05) is 5.33 Å². The molecule has 3 rings (SSSR count).